The van der Waals surface area contributed by atoms with E-state index in [-0.39, 0.29) is 11.8 Å². The molecule has 2 aromatic heterocycles. The van der Waals surface area contributed by atoms with Crippen molar-refractivity contribution in [1.82, 2.24) is 14.5 Å². The summed E-state index contributed by atoms with van der Waals surface area (Å²) in [6.45, 7) is 1.29. The van der Waals surface area contributed by atoms with Crippen LogP contribution in [0, 0.1) is 5.92 Å². The molecule has 1 atom stereocenters. The van der Waals surface area contributed by atoms with Crippen LogP contribution in [0.25, 0.3) is 0 Å². The molecule has 0 fully saturated rings. The first-order chi connectivity index (χ1) is 11.2. The number of carbonyl (C=O) groups is 1. The van der Waals surface area contributed by atoms with Crippen LogP contribution in [0.2, 0.25) is 0 Å². The van der Waals surface area contributed by atoms with Crippen LogP contribution in [0.1, 0.15) is 19.3 Å². The van der Waals surface area contributed by atoms with Gasteiger partial charge in [0.05, 0.1) is 6.33 Å². The highest BCUT2D eigenvalue weighted by Crippen LogP contribution is 2.24. The molecule has 0 radical (unpaired) electrons. The van der Waals surface area contributed by atoms with Crippen LogP contribution in [0.5, 0.6) is 0 Å². The Kier molecular flexibility index (Phi) is 5.23. The Morgan fingerprint density at radius 1 is 1.39 bits per heavy atom. The van der Waals surface area contributed by atoms with Crippen LogP contribution in [0.15, 0.2) is 53.7 Å². The third-order valence-corrected chi connectivity index (χ3v) is 4.48. The molecule has 1 aliphatic rings. The van der Waals surface area contributed by atoms with Crippen molar-refractivity contribution in [3.63, 3.8) is 0 Å². The molecule has 6 heteroatoms. The van der Waals surface area contributed by atoms with Crippen molar-refractivity contribution < 1.29 is 4.79 Å². The number of halogens is 1. The van der Waals surface area contributed by atoms with E-state index in [4.69, 9.17) is 0 Å². The summed E-state index contributed by atoms with van der Waals surface area (Å²) in [6.07, 6.45) is 14.1. The van der Waals surface area contributed by atoms with Crippen molar-refractivity contribution in [3.8, 4) is 0 Å². The lowest BCUT2D eigenvalue weighted by atomic mass is 9.93. The van der Waals surface area contributed by atoms with Crippen LogP contribution in [0.3, 0.4) is 0 Å². The molecule has 23 heavy (non-hydrogen) atoms. The predicted octanol–water partition coefficient (Wildman–Crippen LogP) is 3.43. The zero-order valence-corrected chi connectivity index (χ0v) is 14.4. The highest BCUT2D eigenvalue weighted by atomic mass is 79.9. The number of hydrogen-bond acceptors (Lipinski definition) is 3. The lowest BCUT2D eigenvalue weighted by Gasteiger charge is -2.27. The van der Waals surface area contributed by atoms with E-state index in [1.807, 2.05) is 22.9 Å². The first-order valence-electron chi connectivity index (χ1n) is 7.78. The van der Waals surface area contributed by atoms with Gasteiger partial charge in [-0.05, 0) is 47.3 Å². The maximum atomic E-state index is 13.0. The molecule has 0 aromatic carbocycles. The molecule has 0 saturated carbocycles. The van der Waals surface area contributed by atoms with Crippen LogP contribution in [0.4, 0.5) is 5.82 Å². The predicted molar refractivity (Wildman–Crippen MR) is 93.0 cm³/mol. The number of aromatic nitrogens is 3. The fourth-order valence-corrected chi connectivity index (χ4v) is 2.97. The van der Waals surface area contributed by atoms with Crippen LogP contribution >= 0.6 is 15.9 Å². The van der Waals surface area contributed by atoms with Gasteiger partial charge in [0.15, 0.2) is 0 Å². The Hall–Kier alpha value is -1.95. The number of pyridine rings is 1. The minimum absolute atomic E-state index is 0.0493. The molecular formula is C17H19BrN4O. The van der Waals surface area contributed by atoms with E-state index in [2.05, 4.69) is 38.0 Å². The van der Waals surface area contributed by atoms with Gasteiger partial charge >= 0.3 is 0 Å². The second-order valence-corrected chi connectivity index (χ2v) is 6.52. The fraction of sp³-hybridized carbons (Fsp3) is 0.353. The third-order valence-electron chi connectivity index (χ3n) is 4.01. The van der Waals surface area contributed by atoms with Gasteiger partial charge in [-0.1, -0.05) is 12.2 Å². The lowest BCUT2D eigenvalue weighted by molar-refractivity contribution is -0.122. The summed E-state index contributed by atoms with van der Waals surface area (Å²) in [5, 5.41) is 0. The second kappa shape index (κ2) is 7.55. The SMILES string of the molecule is O=C(C1CC=CCC1)N(CCn1ccnc1)c1ccc(Br)cn1. The molecule has 120 valence electrons. The zero-order chi connectivity index (χ0) is 16.1. The van der Waals surface area contributed by atoms with Crippen molar-refractivity contribution in [2.24, 2.45) is 5.92 Å². The topological polar surface area (TPSA) is 51.0 Å². The molecule has 1 amide bonds. The minimum atomic E-state index is 0.0493. The van der Waals surface area contributed by atoms with Crippen molar-refractivity contribution >= 4 is 27.7 Å². The van der Waals surface area contributed by atoms with Gasteiger partial charge < -0.3 is 4.57 Å². The van der Waals surface area contributed by atoms with Gasteiger partial charge in [0.25, 0.3) is 0 Å². The number of nitrogens with zero attached hydrogens (tertiary/aromatic N) is 4. The number of carbonyl (C=O) groups excluding carboxylic acids is 1. The molecule has 3 rings (SSSR count). The summed E-state index contributed by atoms with van der Waals surface area (Å²) in [6, 6.07) is 3.80. The summed E-state index contributed by atoms with van der Waals surface area (Å²) in [7, 11) is 0. The molecule has 0 bridgehead atoms. The smallest absolute Gasteiger partial charge is 0.231 e. The summed E-state index contributed by atoms with van der Waals surface area (Å²) in [5.41, 5.74) is 0. The van der Waals surface area contributed by atoms with E-state index in [0.29, 0.717) is 18.9 Å². The van der Waals surface area contributed by atoms with Crippen molar-refractivity contribution in [2.45, 2.75) is 25.8 Å². The minimum Gasteiger partial charge on any atom is -0.336 e. The Bertz CT molecular complexity index is 666. The third kappa shape index (κ3) is 4.07. The van der Waals surface area contributed by atoms with E-state index >= 15 is 0 Å². The lowest BCUT2D eigenvalue weighted by Crippen LogP contribution is -2.39. The van der Waals surface area contributed by atoms with Crippen LogP contribution in [-0.2, 0) is 11.3 Å². The van der Waals surface area contributed by atoms with Gasteiger partial charge in [0, 0.05) is 42.1 Å². The average molecular weight is 375 g/mol. The van der Waals surface area contributed by atoms with E-state index in [1.165, 1.54) is 0 Å². The maximum Gasteiger partial charge on any atom is 0.231 e. The molecule has 1 aliphatic carbocycles. The van der Waals surface area contributed by atoms with E-state index in [0.717, 1.165) is 23.7 Å². The molecule has 2 heterocycles. The molecule has 0 saturated heterocycles. The summed E-state index contributed by atoms with van der Waals surface area (Å²) >= 11 is 3.39. The number of allylic oxidation sites excluding steroid dienone is 2. The van der Waals surface area contributed by atoms with Gasteiger partial charge in [-0.3, -0.25) is 9.69 Å². The Labute approximate surface area is 144 Å². The number of rotatable bonds is 5. The van der Waals surface area contributed by atoms with Gasteiger partial charge in [0.1, 0.15) is 5.82 Å². The first kappa shape index (κ1) is 15.9. The number of anilines is 1. The van der Waals surface area contributed by atoms with Crippen molar-refractivity contribution in [1.29, 1.82) is 0 Å². The molecule has 2 aromatic rings. The van der Waals surface area contributed by atoms with Crippen LogP contribution < -0.4 is 4.90 Å². The molecule has 0 spiro atoms. The maximum absolute atomic E-state index is 13.0. The molecule has 5 nitrogen and oxygen atoms in total. The summed E-state index contributed by atoms with van der Waals surface area (Å²) in [5.74, 6) is 0.908. The largest absolute Gasteiger partial charge is 0.336 e. The average Bonchev–Trinajstić information content (AvgIpc) is 3.10. The second-order valence-electron chi connectivity index (χ2n) is 5.61. The quantitative estimate of drug-likeness (QED) is 0.753. The van der Waals surface area contributed by atoms with Crippen molar-refractivity contribution in [3.05, 3.63) is 53.7 Å². The normalized spacial score (nSPS) is 17.2. The van der Waals surface area contributed by atoms with E-state index in [1.54, 1.807) is 23.6 Å². The van der Waals surface area contributed by atoms with Gasteiger partial charge in [-0.25, -0.2) is 9.97 Å². The van der Waals surface area contributed by atoms with Gasteiger partial charge in [-0.15, -0.1) is 0 Å². The van der Waals surface area contributed by atoms with E-state index < -0.39 is 0 Å². The standard InChI is InChI=1S/C17H19BrN4O/c18-15-6-7-16(20-12-15)22(11-10-21-9-8-19-13-21)17(23)14-4-2-1-3-5-14/h1-2,6-9,12-14H,3-5,10-11H2. The molecule has 1 unspecified atom stereocenters. The van der Waals surface area contributed by atoms with E-state index in [9.17, 15) is 4.79 Å². The first-order valence-corrected chi connectivity index (χ1v) is 8.57. The molecule has 0 aliphatic heterocycles. The monoisotopic (exact) mass is 374 g/mol. The number of imidazole rings is 1. The number of amides is 1. The Morgan fingerprint density at radius 3 is 2.96 bits per heavy atom. The molecular weight excluding hydrogens is 356 g/mol. The van der Waals surface area contributed by atoms with Crippen LogP contribution in [-0.4, -0.2) is 27.0 Å². The van der Waals surface area contributed by atoms with Gasteiger partial charge in [-0.2, -0.15) is 0 Å². The highest BCUT2D eigenvalue weighted by Gasteiger charge is 2.26. The Morgan fingerprint density at radius 2 is 2.30 bits per heavy atom. The highest BCUT2D eigenvalue weighted by molar-refractivity contribution is 9.10. The Balaban J connectivity index is 1.78. The van der Waals surface area contributed by atoms with Gasteiger partial charge in [0.2, 0.25) is 5.91 Å². The summed E-state index contributed by atoms with van der Waals surface area (Å²) < 4.78 is 2.88. The van der Waals surface area contributed by atoms with Crippen molar-refractivity contribution in [2.75, 3.05) is 11.4 Å². The summed E-state index contributed by atoms with van der Waals surface area (Å²) in [4.78, 5) is 23.2. The zero-order valence-electron chi connectivity index (χ0n) is 12.8. The number of hydrogen-bond donors (Lipinski definition) is 0. The fourth-order valence-electron chi connectivity index (χ4n) is 2.74. The molecule has 0 N–H and O–H groups in total.